The van der Waals surface area contributed by atoms with Gasteiger partial charge in [0.05, 0.1) is 24.8 Å². The molecule has 3 rings (SSSR count). The minimum atomic E-state index is -3.61. The van der Waals surface area contributed by atoms with Gasteiger partial charge in [0.15, 0.2) is 5.17 Å². The molecule has 6 nitrogen and oxygen atoms in total. The molecule has 2 aromatic rings. The Morgan fingerprint density at radius 1 is 1.37 bits per heavy atom. The van der Waals surface area contributed by atoms with Gasteiger partial charge in [0, 0.05) is 0 Å². The van der Waals surface area contributed by atoms with Crippen LogP contribution in [-0.2, 0) is 10.0 Å². The van der Waals surface area contributed by atoms with Gasteiger partial charge in [0.1, 0.15) is 15.9 Å². The van der Waals surface area contributed by atoms with Crippen LogP contribution < -0.4 is 0 Å². The Labute approximate surface area is 118 Å². The average Bonchev–Trinajstić information content (AvgIpc) is 3.06. The molecule has 1 aromatic heterocycles. The van der Waals surface area contributed by atoms with Gasteiger partial charge in [-0.05, 0) is 18.4 Å². The summed E-state index contributed by atoms with van der Waals surface area (Å²) in [4.78, 5) is 4.38. The topological polar surface area (TPSA) is 75.5 Å². The Balaban J connectivity index is 2.15. The highest BCUT2D eigenvalue weighted by Gasteiger charge is 2.32. The van der Waals surface area contributed by atoms with Crippen LogP contribution in [0.2, 0.25) is 0 Å². The summed E-state index contributed by atoms with van der Waals surface area (Å²) in [5.41, 5.74) is 1.03. The lowest BCUT2D eigenvalue weighted by molar-refractivity contribution is 0.541. The van der Waals surface area contributed by atoms with Crippen molar-refractivity contribution < 1.29 is 8.42 Å². The third-order valence-electron chi connectivity index (χ3n) is 2.76. The summed E-state index contributed by atoms with van der Waals surface area (Å²) in [5.74, 6) is 0. The standard InChI is InChI=1S/C10H10N4O2S3/c1-17-10-11-5-6-14(10)19(15,16)8-4-2-3-7-9(8)13-18-12-7/h2-4H,5-6H2,1H3. The van der Waals surface area contributed by atoms with Crippen molar-refractivity contribution in [2.45, 2.75) is 4.90 Å². The number of hydrogen-bond acceptors (Lipinski definition) is 7. The number of benzene rings is 1. The second-order valence-corrected chi connectivity index (χ2v) is 6.97. The number of aliphatic imine (C=N–C) groups is 1. The number of hydrogen-bond donors (Lipinski definition) is 0. The van der Waals surface area contributed by atoms with E-state index >= 15 is 0 Å². The maximum atomic E-state index is 12.7. The van der Waals surface area contributed by atoms with E-state index < -0.39 is 10.0 Å². The lowest BCUT2D eigenvalue weighted by Gasteiger charge is -2.18. The zero-order valence-corrected chi connectivity index (χ0v) is 12.4. The minimum absolute atomic E-state index is 0.197. The number of aromatic nitrogens is 2. The van der Waals surface area contributed by atoms with Gasteiger partial charge in [-0.25, -0.2) is 12.7 Å². The maximum Gasteiger partial charge on any atom is 0.268 e. The second-order valence-electron chi connectivity index (χ2n) is 3.83. The van der Waals surface area contributed by atoms with E-state index in [0.717, 1.165) is 11.7 Å². The summed E-state index contributed by atoms with van der Waals surface area (Å²) in [6, 6.07) is 5.00. The van der Waals surface area contributed by atoms with E-state index in [0.29, 0.717) is 29.3 Å². The van der Waals surface area contributed by atoms with Crippen molar-refractivity contribution >= 4 is 49.7 Å². The summed E-state index contributed by atoms with van der Waals surface area (Å²) < 4.78 is 34.9. The lowest BCUT2D eigenvalue weighted by Crippen LogP contribution is -2.32. The first-order valence-electron chi connectivity index (χ1n) is 5.47. The Morgan fingerprint density at radius 2 is 2.21 bits per heavy atom. The van der Waals surface area contributed by atoms with Crippen LogP contribution in [-0.4, -0.2) is 46.0 Å². The van der Waals surface area contributed by atoms with Crippen molar-refractivity contribution in [1.29, 1.82) is 0 Å². The number of amidine groups is 1. The Morgan fingerprint density at radius 3 is 3.00 bits per heavy atom. The number of fused-ring (bicyclic) bond motifs is 1. The van der Waals surface area contributed by atoms with E-state index in [2.05, 4.69) is 13.7 Å². The predicted molar refractivity (Wildman–Crippen MR) is 77.1 cm³/mol. The molecule has 0 bridgehead atoms. The summed E-state index contributed by atoms with van der Waals surface area (Å²) >= 11 is 2.35. The highest BCUT2D eigenvalue weighted by atomic mass is 32.2. The molecule has 100 valence electrons. The van der Waals surface area contributed by atoms with Crippen molar-refractivity contribution in [1.82, 2.24) is 13.1 Å². The van der Waals surface area contributed by atoms with E-state index in [1.165, 1.54) is 16.1 Å². The molecule has 0 aliphatic carbocycles. The fraction of sp³-hybridized carbons (Fsp3) is 0.300. The summed E-state index contributed by atoms with van der Waals surface area (Å²) in [7, 11) is -3.61. The van der Waals surface area contributed by atoms with Crippen molar-refractivity contribution in [2.24, 2.45) is 4.99 Å². The van der Waals surface area contributed by atoms with E-state index in [1.807, 2.05) is 6.26 Å². The van der Waals surface area contributed by atoms with Crippen molar-refractivity contribution in [2.75, 3.05) is 19.3 Å². The molecule has 2 heterocycles. The molecule has 0 amide bonds. The van der Waals surface area contributed by atoms with E-state index in [1.54, 1.807) is 18.2 Å². The zero-order valence-electron chi connectivity index (χ0n) is 9.98. The molecule has 0 radical (unpaired) electrons. The van der Waals surface area contributed by atoms with Gasteiger partial charge in [-0.2, -0.15) is 8.75 Å². The largest absolute Gasteiger partial charge is 0.268 e. The van der Waals surface area contributed by atoms with Gasteiger partial charge in [-0.15, -0.1) is 0 Å². The first kappa shape index (κ1) is 12.8. The van der Waals surface area contributed by atoms with Gasteiger partial charge in [-0.3, -0.25) is 4.99 Å². The fourth-order valence-corrected chi connectivity index (χ4v) is 5.02. The zero-order chi connectivity index (χ0) is 13.5. The molecule has 9 heteroatoms. The summed E-state index contributed by atoms with van der Waals surface area (Å²) in [6.45, 7) is 0.882. The quantitative estimate of drug-likeness (QED) is 0.838. The number of sulfonamides is 1. The number of rotatable bonds is 2. The van der Waals surface area contributed by atoms with Crippen molar-refractivity contribution in [3.63, 3.8) is 0 Å². The molecule has 0 fully saturated rings. The Kier molecular flexibility index (Phi) is 3.19. The molecule has 0 unspecified atom stereocenters. The molecule has 1 aliphatic rings. The van der Waals surface area contributed by atoms with E-state index in [4.69, 9.17) is 0 Å². The van der Waals surface area contributed by atoms with E-state index in [9.17, 15) is 8.42 Å². The smallest absolute Gasteiger partial charge is 0.260 e. The first-order valence-corrected chi connectivity index (χ1v) is 8.86. The van der Waals surface area contributed by atoms with Crippen LogP contribution in [0.15, 0.2) is 28.1 Å². The third-order valence-corrected chi connectivity index (χ3v) is 5.96. The molecular formula is C10H10N4O2S3. The molecule has 0 saturated carbocycles. The third kappa shape index (κ3) is 2.01. The summed E-state index contributed by atoms with van der Waals surface area (Å²) in [6.07, 6.45) is 1.82. The van der Waals surface area contributed by atoms with Crippen molar-refractivity contribution in [3.05, 3.63) is 18.2 Å². The van der Waals surface area contributed by atoms with Crippen LogP contribution in [0, 0.1) is 0 Å². The highest BCUT2D eigenvalue weighted by Crippen LogP contribution is 2.27. The van der Waals surface area contributed by atoms with Crippen molar-refractivity contribution in [3.8, 4) is 0 Å². The van der Waals surface area contributed by atoms with Gasteiger partial charge in [-0.1, -0.05) is 17.8 Å². The van der Waals surface area contributed by atoms with Crippen LogP contribution >= 0.6 is 23.5 Å². The van der Waals surface area contributed by atoms with Gasteiger partial charge in [0.25, 0.3) is 10.0 Å². The lowest BCUT2D eigenvalue weighted by atomic mass is 10.3. The SMILES string of the molecule is CSC1=NCCN1S(=O)(=O)c1cccc2nsnc12. The van der Waals surface area contributed by atoms with Crippen LogP contribution in [0.4, 0.5) is 0 Å². The first-order chi connectivity index (χ1) is 9.14. The highest BCUT2D eigenvalue weighted by molar-refractivity contribution is 8.14. The molecule has 1 aliphatic heterocycles. The van der Waals surface area contributed by atoms with Gasteiger partial charge >= 0.3 is 0 Å². The maximum absolute atomic E-state index is 12.7. The van der Waals surface area contributed by atoms with Crippen LogP contribution in [0.1, 0.15) is 0 Å². The molecule has 19 heavy (non-hydrogen) atoms. The molecule has 0 atom stereocenters. The second kappa shape index (κ2) is 4.73. The average molecular weight is 314 g/mol. The fourth-order valence-electron chi connectivity index (χ4n) is 1.91. The normalized spacial score (nSPS) is 16.1. The summed E-state index contributed by atoms with van der Waals surface area (Å²) in [5, 5.41) is 0.528. The van der Waals surface area contributed by atoms with Gasteiger partial charge in [0.2, 0.25) is 0 Å². The predicted octanol–water partition coefficient (Wildman–Crippen LogP) is 1.41. The molecule has 1 aromatic carbocycles. The number of thioether (sulfide) groups is 1. The van der Waals surface area contributed by atoms with Crippen LogP contribution in [0.3, 0.4) is 0 Å². The Bertz CT molecular complexity index is 753. The minimum Gasteiger partial charge on any atom is -0.260 e. The Hall–Kier alpha value is -1.19. The van der Waals surface area contributed by atoms with E-state index in [-0.39, 0.29) is 4.90 Å². The molecule has 0 saturated heterocycles. The van der Waals surface area contributed by atoms with Gasteiger partial charge < -0.3 is 0 Å². The molecule has 0 spiro atoms. The molecular weight excluding hydrogens is 304 g/mol. The number of nitrogens with zero attached hydrogens (tertiary/aromatic N) is 4. The van der Waals surface area contributed by atoms with Crippen LogP contribution in [0.25, 0.3) is 11.0 Å². The van der Waals surface area contributed by atoms with Crippen LogP contribution in [0.5, 0.6) is 0 Å². The molecule has 0 N–H and O–H groups in total. The monoisotopic (exact) mass is 314 g/mol.